The number of fused-ring (bicyclic) bond motifs is 1. The van der Waals surface area contributed by atoms with Crippen LogP contribution in [0.2, 0.25) is 0 Å². The van der Waals surface area contributed by atoms with Crippen LogP contribution in [0.15, 0.2) is 53.5 Å². The van der Waals surface area contributed by atoms with Crippen molar-refractivity contribution in [3.8, 4) is 0 Å². The molecule has 0 amide bonds. The van der Waals surface area contributed by atoms with Crippen LogP contribution < -0.4 is 0 Å². The summed E-state index contributed by atoms with van der Waals surface area (Å²) in [5, 5.41) is 0. The molecule has 0 N–H and O–H groups in total. The van der Waals surface area contributed by atoms with Gasteiger partial charge in [-0.1, -0.05) is 15.9 Å². The predicted molar refractivity (Wildman–Crippen MR) is 70.8 cm³/mol. The molecular weight excluding hydrogens is 278 g/mol. The predicted octanol–water partition coefficient (Wildman–Crippen LogP) is 3.24. The van der Waals surface area contributed by atoms with Gasteiger partial charge in [-0.3, -0.25) is 4.98 Å². The van der Waals surface area contributed by atoms with Gasteiger partial charge < -0.3 is 4.57 Å². The Morgan fingerprint density at radius 2 is 1.94 bits per heavy atom. The van der Waals surface area contributed by atoms with Crippen LogP contribution >= 0.6 is 15.9 Å². The minimum Gasteiger partial charge on any atom is -0.326 e. The third kappa shape index (κ3) is 2.08. The van der Waals surface area contributed by atoms with Crippen molar-refractivity contribution in [2.75, 3.05) is 0 Å². The lowest BCUT2D eigenvalue weighted by molar-refractivity contribution is 0.822. The van der Waals surface area contributed by atoms with E-state index in [4.69, 9.17) is 0 Å². The molecule has 2 heterocycles. The Labute approximate surface area is 107 Å². The van der Waals surface area contributed by atoms with E-state index in [0.717, 1.165) is 22.1 Å². The number of imidazole rings is 1. The fourth-order valence-corrected chi connectivity index (χ4v) is 2.19. The van der Waals surface area contributed by atoms with Crippen LogP contribution in [0.25, 0.3) is 11.0 Å². The van der Waals surface area contributed by atoms with Crippen LogP contribution in [0.5, 0.6) is 0 Å². The summed E-state index contributed by atoms with van der Waals surface area (Å²) in [5.41, 5.74) is 3.37. The Morgan fingerprint density at radius 3 is 2.76 bits per heavy atom. The van der Waals surface area contributed by atoms with Gasteiger partial charge in [0.25, 0.3) is 0 Å². The Morgan fingerprint density at radius 1 is 1.12 bits per heavy atom. The molecule has 0 saturated carbocycles. The van der Waals surface area contributed by atoms with E-state index in [9.17, 15) is 0 Å². The summed E-state index contributed by atoms with van der Waals surface area (Å²) in [6, 6.07) is 10.1. The highest BCUT2D eigenvalue weighted by Crippen LogP contribution is 2.19. The van der Waals surface area contributed by atoms with Crippen LogP contribution in [-0.4, -0.2) is 14.5 Å². The second kappa shape index (κ2) is 4.30. The Balaban J connectivity index is 2.03. The maximum absolute atomic E-state index is 4.38. The van der Waals surface area contributed by atoms with Crippen LogP contribution in [0.3, 0.4) is 0 Å². The third-order valence-corrected chi connectivity index (χ3v) is 3.18. The van der Waals surface area contributed by atoms with Crippen molar-refractivity contribution < 1.29 is 0 Å². The van der Waals surface area contributed by atoms with Crippen molar-refractivity contribution in [1.82, 2.24) is 14.5 Å². The number of nitrogens with zero attached hydrogens (tertiary/aromatic N) is 3. The molecule has 84 valence electrons. The van der Waals surface area contributed by atoms with Crippen molar-refractivity contribution in [2.24, 2.45) is 0 Å². The lowest BCUT2D eigenvalue weighted by Crippen LogP contribution is -1.97. The number of aromatic nitrogens is 3. The number of hydrogen-bond acceptors (Lipinski definition) is 2. The standard InChI is InChI=1S/C13H10BrN3/c14-11-1-2-12-13(7-11)17(9-16-12)8-10-3-5-15-6-4-10/h1-7,9H,8H2. The normalized spacial score (nSPS) is 10.9. The summed E-state index contributed by atoms with van der Waals surface area (Å²) < 4.78 is 3.21. The number of pyridine rings is 1. The van der Waals surface area contributed by atoms with E-state index in [1.807, 2.05) is 43.0 Å². The second-order valence-electron chi connectivity index (χ2n) is 3.86. The third-order valence-electron chi connectivity index (χ3n) is 2.69. The van der Waals surface area contributed by atoms with Crippen LogP contribution in [-0.2, 0) is 6.54 Å². The molecule has 0 aliphatic rings. The van der Waals surface area contributed by atoms with Crippen molar-refractivity contribution in [3.05, 3.63) is 59.1 Å². The van der Waals surface area contributed by atoms with Gasteiger partial charge in [-0.15, -0.1) is 0 Å². The zero-order valence-electron chi connectivity index (χ0n) is 9.05. The van der Waals surface area contributed by atoms with Gasteiger partial charge in [0.15, 0.2) is 0 Å². The molecule has 0 aliphatic heterocycles. The second-order valence-corrected chi connectivity index (χ2v) is 4.78. The quantitative estimate of drug-likeness (QED) is 0.724. The first kappa shape index (κ1) is 10.5. The topological polar surface area (TPSA) is 30.7 Å². The molecule has 3 rings (SSSR count). The molecule has 0 atom stereocenters. The number of hydrogen-bond donors (Lipinski definition) is 0. The smallest absolute Gasteiger partial charge is 0.0961 e. The highest BCUT2D eigenvalue weighted by Gasteiger charge is 2.03. The Bertz CT molecular complexity index is 646. The summed E-state index contributed by atoms with van der Waals surface area (Å²) in [5.74, 6) is 0. The summed E-state index contributed by atoms with van der Waals surface area (Å²) in [4.78, 5) is 8.40. The molecule has 0 saturated heterocycles. The van der Waals surface area contributed by atoms with Gasteiger partial charge in [-0.2, -0.15) is 0 Å². The molecule has 0 aliphatic carbocycles. The van der Waals surface area contributed by atoms with E-state index in [0.29, 0.717) is 0 Å². The first-order valence-electron chi connectivity index (χ1n) is 5.32. The largest absolute Gasteiger partial charge is 0.326 e. The molecule has 3 nitrogen and oxygen atoms in total. The molecule has 0 bridgehead atoms. The van der Waals surface area contributed by atoms with Gasteiger partial charge in [-0.05, 0) is 35.9 Å². The van der Waals surface area contributed by atoms with Gasteiger partial charge in [0, 0.05) is 23.4 Å². The van der Waals surface area contributed by atoms with E-state index in [1.165, 1.54) is 5.56 Å². The Hall–Kier alpha value is -1.68. The van der Waals surface area contributed by atoms with Gasteiger partial charge in [-0.25, -0.2) is 4.98 Å². The van der Waals surface area contributed by atoms with Crippen LogP contribution in [0.1, 0.15) is 5.56 Å². The summed E-state index contributed by atoms with van der Waals surface area (Å²) >= 11 is 3.49. The monoisotopic (exact) mass is 287 g/mol. The van der Waals surface area contributed by atoms with Crippen molar-refractivity contribution in [2.45, 2.75) is 6.54 Å². The van der Waals surface area contributed by atoms with E-state index in [-0.39, 0.29) is 0 Å². The van der Waals surface area contributed by atoms with Gasteiger partial charge in [0.2, 0.25) is 0 Å². The van der Waals surface area contributed by atoms with Gasteiger partial charge >= 0.3 is 0 Å². The average molecular weight is 288 g/mol. The SMILES string of the molecule is Brc1ccc2ncn(Cc3ccncc3)c2c1. The fourth-order valence-electron chi connectivity index (χ4n) is 1.84. The minimum absolute atomic E-state index is 0.815. The van der Waals surface area contributed by atoms with E-state index in [1.54, 1.807) is 0 Å². The minimum atomic E-state index is 0.815. The molecule has 17 heavy (non-hydrogen) atoms. The van der Waals surface area contributed by atoms with Crippen LogP contribution in [0.4, 0.5) is 0 Å². The fraction of sp³-hybridized carbons (Fsp3) is 0.0769. The molecule has 0 fully saturated rings. The van der Waals surface area contributed by atoms with Crippen LogP contribution in [0, 0.1) is 0 Å². The number of halogens is 1. The molecule has 0 unspecified atom stereocenters. The molecule has 3 aromatic rings. The molecule has 2 aromatic heterocycles. The van der Waals surface area contributed by atoms with Gasteiger partial charge in [0.1, 0.15) is 0 Å². The number of rotatable bonds is 2. The van der Waals surface area contributed by atoms with Crippen molar-refractivity contribution in [3.63, 3.8) is 0 Å². The van der Waals surface area contributed by atoms with Crippen molar-refractivity contribution in [1.29, 1.82) is 0 Å². The Kier molecular flexibility index (Phi) is 2.65. The summed E-state index contributed by atoms with van der Waals surface area (Å²) in [7, 11) is 0. The molecular formula is C13H10BrN3. The zero-order valence-corrected chi connectivity index (χ0v) is 10.6. The van der Waals surface area contributed by atoms with E-state index >= 15 is 0 Å². The average Bonchev–Trinajstić information content (AvgIpc) is 2.73. The summed E-state index contributed by atoms with van der Waals surface area (Å²) in [6.07, 6.45) is 5.49. The van der Waals surface area contributed by atoms with Gasteiger partial charge in [0.05, 0.1) is 17.4 Å². The maximum atomic E-state index is 4.38. The first-order valence-corrected chi connectivity index (χ1v) is 6.11. The first-order chi connectivity index (χ1) is 8.33. The lowest BCUT2D eigenvalue weighted by Gasteiger charge is -2.04. The molecule has 1 aromatic carbocycles. The zero-order chi connectivity index (χ0) is 11.7. The maximum Gasteiger partial charge on any atom is 0.0961 e. The highest BCUT2D eigenvalue weighted by atomic mass is 79.9. The van der Waals surface area contributed by atoms with E-state index < -0.39 is 0 Å². The summed E-state index contributed by atoms with van der Waals surface area (Å²) in [6.45, 7) is 0.815. The van der Waals surface area contributed by atoms with Crippen molar-refractivity contribution >= 4 is 27.0 Å². The lowest BCUT2D eigenvalue weighted by atomic mass is 10.2. The number of benzene rings is 1. The molecule has 0 radical (unpaired) electrons. The highest BCUT2D eigenvalue weighted by molar-refractivity contribution is 9.10. The molecule has 0 spiro atoms. The molecule has 4 heteroatoms. The van der Waals surface area contributed by atoms with E-state index in [2.05, 4.69) is 36.5 Å².